The summed E-state index contributed by atoms with van der Waals surface area (Å²) in [6.07, 6.45) is 1.97. The zero-order valence-corrected chi connectivity index (χ0v) is 22.5. The van der Waals surface area contributed by atoms with Gasteiger partial charge in [-0.2, -0.15) is 4.31 Å². The second-order valence-electron chi connectivity index (χ2n) is 9.01. The molecule has 1 aliphatic heterocycles. The number of amides is 1. The molecule has 2 heterocycles. The van der Waals surface area contributed by atoms with Crippen molar-refractivity contribution in [3.05, 3.63) is 82.3 Å². The Labute approximate surface area is 222 Å². The first-order chi connectivity index (χ1) is 18.2. The fourth-order valence-electron chi connectivity index (χ4n) is 4.30. The zero-order chi connectivity index (χ0) is 27.3. The molecule has 0 saturated heterocycles. The molecule has 0 unspecified atom stereocenters. The van der Waals surface area contributed by atoms with Gasteiger partial charge in [0.1, 0.15) is 23.6 Å². The lowest BCUT2D eigenvalue weighted by Gasteiger charge is -2.20. The van der Waals surface area contributed by atoms with Crippen LogP contribution in [0.3, 0.4) is 0 Å². The Morgan fingerprint density at radius 2 is 2.00 bits per heavy atom. The van der Waals surface area contributed by atoms with E-state index < -0.39 is 16.6 Å². The quantitative estimate of drug-likeness (QED) is 0.340. The van der Waals surface area contributed by atoms with Crippen molar-refractivity contribution in [2.75, 3.05) is 33.8 Å². The molecule has 11 heteroatoms. The van der Waals surface area contributed by atoms with Gasteiger partial charge in [-0.25, -0.2) is 8.42 Å². The minimum absolute atomic E-state index is 0.0216. The Balaban J connectivity index is 1.34. The average Bonchev–Trinajstić information content (AvgIpc) is 3.61. The van der Waals surface area contributed by atoms with E-state index >= 15 is 0 Å². The van der Waals surface area contributed by atoms with Crippen molar-refractivity contribution in [1.29, 1.82) is 0 Å². The average molecular weight is 541 g/mol. The number of carbonyl (C=O) groups is 1. The molecule has 0 radical (unpaired) electrons. The largest absolute Gasteiger partial charge is 0.497 e. The number of aryl methyl sites for hydroxylation is 1. The first-order valence-corrected chi connectivity index (χ1v) is 13.6. The van der Waals surface area contributed by atoms with E-state index in [1.165, 1.54) is 32.6 Å². The lowest BCUT2D eigenvalue weighted by atomic mass is 10.1. The molecular weight excluding hydrogens is 508 g/mol. The van der Waals surface area contributed by atoms with Gasteiger partial charge >= 0.3 is 0 Å². The van der Waals surface area contributed by atoms with E-state index in [9.17, 15) is 18.3 Å². The third-order valence-corrected chi connectivity index (χ3v) is 8.34. The highest BCUT2D eigenvalue weighted by atomic mass is 32.2. The van der Waals surface area contributed by atoms with Gasteiger partial charge in [-0.15, -0.1) is 0 Å². The minimum atomic E-state index is -3.95. The van der Waals surface area contributed by atoms with E-state index in [1.807, 2.05) is 24.3 Å². The maximum Gasteiger partial charge on any atom is 0.254 e. The number of aliphatic hydroxyl groups excluding tert-OH is 1. The number of furan rings is 1. The highest BCUT2D eigenvalue weighted by molar-refractivity contribution is 7.89. The van der Waals surface area contributed by atoms with Crippen LogP contribution in [0, 0.1) is 6.92 Å². The second kappa shape index (κ2) is 11.8. The van der Waals surface area contributed by atoms with E-state index in [2.05, 4.69) is 15.6 Å². The lowest BCUT2D eigenvalue weighted by molar-refractivity contribution is 0.0953. The molecule has 10 nitrogen and oxygen atoms in total. The summed E-state index contributed by atoms with van der Waals surface area (Å²) in [5.41, 5.74) is 3.14. The van der Waals surface area contributed by atoms with Gasteiger partial charge in [0.05, 0.1) is 37.3 Å². The van der Waals surface area contributed by atoms with Crippen molar-refractivity contribution in [2.45, 2.75) is 31.4 Å². The minimum Gasteiger partial charge on any atom is -0.497 e. The second-order valence-corrected chi connectivity index (χ2v) is 11.0. The number of amidine groups is 1. The summed E-state index contributed by atoms with van der Waals surface area (Å²) in [6, 6.07) is 12.7. The predicted octanol–water partition coefficient (Wildman–Crippen LogP) is 2.23. The molecule has 0 bridgehead atoms. The first-order valence-electron chi connectivity index (χ1n) is 12.2. The number of carbonyl (C=O) groups excluding carboxylic acids is 1. The van der Waals surface area contributed by atoms with E-state index in [0.29, 0.717) is 35.6 Å². The van der Waals surface area contributed by atoms with E-state index in [-0.39, 0.29) is 22.9 Å². The number of hydrogen-bond acceptors (Lipinski definition) is 8. The van der Waals surface area contributed by atoms with Crippen LogP contribution < -0.4 is 15.4 Å². The molecule has 2 aromatic carbocycles. The normalized spacial score (nSPS) is 13.3. The molecule has 1 amide bonds. The standard InChI is InChI=1S/C27H32N4O6S/c1-18-12-23(36-3)13-21(16-32)25(18)38(34,35)31(2)15-24-14-22(17-37-24)27(33)30-9-8-19-4-6-20(7-5-19)26-28-10-11-29-26/h4-7,12-14,17,32H,8-11,15-16H2,1-3H3,(H,28,29)(H,30,33). The number of aliphatic hydroxyl groups is 1. The number of hydrogen-bond donors (Lipinski definition) is 3. The summed E-state index contributed by atoms with van der Waals surface area (Å²) < 4.78 is 38.4. The topological polar surface area (TPSA) is 133 Å². The first kappa shape index (κ1) is 27.4. The molecule has 1 aromatic heterocycles. The Morgan fingerprint density at radius 3 is 2.66 bits per heavy atom. The monoisotopic (exact) mass is 540 g/mol. The van der Waals surface area contributed by atoms with Gasteiger partial charge in [-0.1, -0.05) is 24.3 Å². The molecule has 0 aliphatic carbocycles. The van der Waals surface area contributed by atoms with Gasteiger partial charge in [-0.3, -0.25) is 9.79 Å². The van der Waals surface area contributed by atoms with Crippen molar-refractivity contribution in [1.82, 2.24) is 14.9 Å². The van der Waals surface area contributed by atoms with Crippen molar-refractivity contribution >= 4 is 21.8 Å². The summed E-state index contributed by atoms with van der Waals surface area (Å²) in [7, 11) is -1.06. The number of aliphatic imine (C=N–C) groups is 1. The molecule has 0 atom stereocenters. The van der Waals surface area contributed by atoms with Crippen molar-refractivity contribution < 1.29 is 27.5 Å². The number of methoxy groups -OCH3 is 1. The number of nitrogens with zero attached hydrogens (tertiary/aromatic N) is 2. The number of rotatable bonds is 11. The summed E-state index contributed by atoms with van der Waals surface area (Å²) in [4.78, 5) is 17.0. The molecule has 4 rings (SSSR count). The molecule has 3 N–H and O–H groups in total. The third kappa shape index (κ3) is 6.07. The van der Waals surface area contributed by atoms with Gasteiger partial charge in [0.2, 0.25) is 10.0 Å². The smallest absolute Gasteiger partial charge is 0.254 e. The number of ether oxygens (including phenoxy) is 1. The van der Waals surface area contributed by atoms with Crippen LogP contribution in [0.25, 0.3) is 0 Å². The highest BCUT2D eigenvalue weighted by Gasteiger charge is 2.27. The molecule has 0 spiro atoms. The summed E-state index contributed by atoms with van der Waals surface area (Å²) >= 11 is 0. The van der Waals surface area contributed by atoms with Crippen LogP contribution in [0.15, 0.2) is 63.0 Å². The molecule has 1 aliphatic rings. The van der Waals surface area contributed by atoms with Crippen LogP contribution in [0.4, 0.5) is 0 Å². The fraction of sp³-hybridized carbons (Fsp3) is 0.333. The van der Waals surface area contributed by atoms with Gasteiger partial charge in [0.25, 0.3) is 5.91 Å². The molecule has 0 saturated carbocycles. The van der Waals surface area contributed by atoms with E-state index in [4.69, 9.17) is 9.15 Å². The van der Waals surface area contributed by atoms with Crippen molar-refractivity contribution in [3.8, 4) is 5.75 Å². The molecule has 3 aromatic rings. The molecular formula is C27H32N4O6S. The van der Waals surface area contributed by atoms with Gasteiger partial charge in [0, 0.05) is 31.3 Å². The molecule has 0 fully saturated rings. The maximum atomic E-state index is 13.3. The van der Waals surface area contributed by atoms with Crippen LogP contribution in [0.1, 0.15) is 38.4 Å². The fourth-order valence-corrected chi connectivity index (χ4v) is 5.83. The van der Waals surface area contributed by atoms with E-state index in [1.54, 1.807) is 13.0 Å². The Hall–Kier alpha value is -3.67. The number of sulfonamides is 1. The Morgan fingerprint density at radius 1 is 1.24 bits per heavy atom. The van der Waals surface area contributed by atoms with Crippen LogP contribution in [-0.2, 0) is 29.6 Å². The van der Waals surface area contributed by atoms with Gasteiger partial charge < -0.3 is 24.9 Å². The summed E-state index contributed by atoms with van der Waals surface area (Å²) in [6.45, 7) is 3.19. The van der Waals surface area contributed by atoms with Crippen LogP contribution in [-0.4, -0.2) is 63.4 Å². The summed E-state index contributed by atoms with van der Waals surface area (Å²) in [5.74, 6) is 1.38. The molecule has 202 valence electrons. The molecule has 38 heavy (non-hydrogen) atoms. The SMILES string of the molecule is COc1cc(C)c(S(=O)(=O)N(C)Cc2cc(C(=O)NCCc3ccc(C4=NCCN4)cc3)co2)c(CO)c1. The van der Waals surface area contributed by atoms with Crippen LogP contribution in [0.5, 0.6) is 5.75 Å². The number of nitrogens with one attached hydrogen (secondary N) is 2. The maximum absolute atomic E-state index is 13.3. The van der Waals surface area contributed by atoms with Gasteiger partial charge in [0.15, 0.2) is 0 Å². The third-order valence-electron chi connectivity index (χ3n) is 6.29. The lowest BCUT2D eigenvalue weighted by Crippen LogP contribution is -2.28. The van der Waals surface area contributed by atoms with Crippen LogP contribution in [0.2, 0.25) is 0 Å². The van der Waals surface area contributed by atoms with Gasteiger partial charge in [-0.05, 0) is 42.7 Å². The Bertz CT molecular complexity index is 1430. The van der Waals surface area contributed by atoms with Crippen molar-refractivity contribution in [2.24, 2.45) is 4.99 Å². The number of benzene rings is 2. The van der Waals surface area contributed by atoms with E-state index in [0.717, 1.165) is 34.4 Å². The predicted molar refractivity (Wildman–Crippen MR) is 143 cm³/mol. The zero-order valence-electron chi connectivity index (χ0n) is 21.7. The summed E-state index contributed by atoms with van der Waals surface area (Å²) in [5, 5.41) is 15.9. The Kier molecular flexibility index (Phi) is 8.50. The van der Waals surface area contributed by atoms with Crippen LogP contribution >= 0.6 is 0 Å². The highest BCUT2D eigenvalue weighted by Crippen LogP contribution is 2.29. The van der Waals surface area contributed by atoms with Crippen molar-refractivity contribution in [3.63, 3.8) is 0 Å².